The minimum absolute atomic E-state index is 0.0559. The highest BCUT2D eigenvalue weighted by Crippen LogP contribution is 2.08. The minimum atomic E-state index is -0.572. The van der Waals surface area contributed by atoms with Crippen LogP contribution in [0.5, 0.6) is 0 Å². The molecule has 0 bridgehead atoms. The molecule has 0 aliphatic carbocycles. The molecule has 0 radical (unpaired) electrons. The van der Waals surface area contributed by atoms with Crippen LogP contribution in [-0.4, -0.2) is 29.7 Å². The van der Waals surface area contributed by atoms with Crippen LogP contribution in [0.25, 0.3) is 0 Å². The maximum atomic E-state index is 11.2. The van der Waals surface area contributed by atoms with Gasteiger partial charge in [-0.05, 0) is 13.3 Å². The Morgan fingerprint density at radius 3 is 2.86 bits per heavy atom. The summed E-state index contributed by atoms with van der Waals surface area (Å²) in [5, 5.41) is 3.71. The molecule has 0 aromatic heterocycles. The number of nitrogens with one attached hydrogen (secondary N) is 1. The van der Waals surface area contributed by atoms with E-state index in [-0.39, 0.29) is 17.6 Å². The zero-order valence-electron chi connectivity index (χ0n) is 8.37. The predicted octanol–water partition coefficient (Wildman–Crippen LogP) is 0.825. The van der Waals surface area contributed by atoms with Crippen LogP contribution >= 0.6 is 0 Å². The minimum Gasteiger partial charge on any atom is -0.332 e. The van der Waals surface area contributed by atoms with E-state index in [1.807, 2.05) is 6.92 Å². The number of urea groups is 1. The predicted molar refractivity (Wildman–Crippen MR) is 50.2 cm³/mol. The third-order valence-electron chi connectivity index (χ3n) is 1.97. The van der Waals surface area contributed by atoms with Gasteiger partial charge >= 0.3 is 12.0 Å². The van der Waals surface area contributed by atoms with Crippen molar-refractivity contribution in [3.05, 3.63) is 12.2 Å². The number of hydroxylamine groups is 2. The van der Waals surface area contributed by atoms with Crippen molar-refractivity contribution in [2.24, 2.45) is 0 Å². The molecule has 0 aromatic rings. The van der Waals surface area contributed by atoms with Gasteiger partial charge < -0.3 is 10.2 Å². The van der Waals surface area contributed by atoms with Crippen LogP contribution in [0.2, 0.25) is 0 Å². The zero-order valence-corrected chi connectivity index (χ0v) is 8.37. The molecule has 1 atom stereocenters. The molecule has 0 spiro atoms. The van der Waals surface area contributed by atoms with E-state index in [1.54, 1.807) is 0 Å². The summed E-state index contributed by atoms with van der Waals surface area (Å²) in [5.74, 6) is -0.572. The first kappa shape index (κ1) is 10.6. The quantitative estimate of drug-likeness (QED) is 0.683. The Balaban J connectivity index is 2.50. The number of carbonyl (C=O) groups is 2. The molecule has 14 heavy (non-hydrogen) atoms. The van der Waals surface area contributed by atoms with Crippen LogP contribution in [-0.2, 0) is 9.63 Å². The number of carbonyl (C=O) groups excluding carboxylic acids is 2. The molecule has 0 aromatic carbocycles. The van der Waals surface area contributed by atoms with Gasteiger partial charge in [0.05, 0.1) is 12.6 Å². The fourth-order valence-electron chi connectivity index (χ4n) is 1.06. The number of hydrogen-bond acceptors (Lipinski definition) is 3. The number of hydrogen-bond donors (Lipinski definition) is 1. The SMILES string of the molecule is C=C(C)C(=O)ON1CC(CC)NC1=O. The maximum absolute atomic E-state index is 11.2. The monoisotopic (exact) mass is 198 g/mol. The lowest BCUT2D eigenvalue weighted by atomic mass is 10.2. The van der Waals surface area contributed by atoms with Crippen molar-refractivity contribution in [2.45, 2.75) is 26.3 Å². The van der Waals surface area contributed by atoms with Crippen molar-refractivity contribution in [3.63, 3.8) is 0 Å². The Hall–Kier alpha value is -1.52. The molecule has 1 aliphatic rings. The molecule has 1 unspecified atom stereocenters. The normalized spacial score (nSPS) is 20.6. The van der Waals surface area contributed by atoms with E-state index in [0.717, 1.165) is 11.5 Å². The third-order valence-corrected chi connectivity index (χ3v) is 1.97. The molecule has 1 fully saturated rings. The zero-order chi connectivity index (χ0) is 10.7. The van der Waals surface area contributed by atoms with E-state index in [9.17, 15) is 9.59 Å². The van der Waals surface area contributed by atoms with Crippen LogP contribution < -0.4 is 5.32 Å². The summed E-state index contributed by atoms with van der Waals surface area (Å²) in [7, 11) is 0. The van der Waals surface area contributed by atoms with Crippen molar-refractivity contribution in [2.75, 3.05) is 6.54 Å². The van der Waals surface area contributed by atoms with E-state index in [0.29, 0.717) is 6.54 Å². The molecule has 0 saturated carbocycles. The number of amides is 2. The van der Waals surface area contributed by atoms with Crippen LogP contribution in [0.3, 0.4) is 0 Å². The summed E-state index contributed by atoms with van der Waals surface area (Å²) < 4.78 is 0. The average molecular weight is 198 g/mol. The molecular weight excluding hydrogens is 184 g/mol. The van der Waals surface area contributed by atoms with Crippen LogP contribution in [0.15, 0.2) is 12.2 Å². The smallest absolute Gasteiger partial charge is 0.332 e. The molecule has 2 amide bonds. The van der Waals surface area contributed by atoms with Gasteiger partial charge in [-0.2, -0.15) is 5.06 Å². The topological polar surface area (TPSA) is 58.6 Å². The molecule has 5 heteroatoms. The van der Waals surface area contributed by atoms with E-state index in [1.165, 1.54) is 6.92 Å². The summed E-state index contributed by atoms with van der Waals surface area (Å²) in [5.41, 5.74) is 0.276. The van der Waals surface area contributed by atoms with E-state index in [2.05, 4.69) is 11.9 Å². The summed E-state index contributed by atoms with van der Waals surface area (Å²) in [6, 6.07) is -0.313. The Bertz CT molecular complexity index is 275. The molecular formula is C9H14N2O3. The summed E-state index contributed by atoms with van der Waals surface area (Å²) in [4.78, 5) is 27.1. The van der Waals surface area contributed by atoms with Gasteiger partial charge in [-0.1, -0.05) is 13.5 Å². The Morgan fingerprint density at radius 2 is 2.43 bits per heavy atom. The van der Waals surface area contributed by atoms with Gasteiger partial charge in [-0.15, -0.1) is 0 Å². The van der Waals surface area contributed by atoms with E-state index >= 15 is 0 Å². The maximum Gasteiger partial charge on any atom is 0.358 e. The van der Waals surface area contributed by atoms with E-state index < -0.39 is 5.97 Å². The summed E-state index contributed by atoms with van der Waals surface area (Å²) >= 11 is 0. The van der Waals surface area contributed by atoms with Crippen molar-refractivity contribution < 1.29 is 14.4 Å². The molecule has 78 valence electrons. The second-order valence-corrected chi connectivity index (χ2v) is 3.27. The lowest BCUT2D eigenvalue weighted by molar-refractivity contribution is -0.168. The molecule has 1 aliphatic heterocycles. The molecule has 1 heterocycles. The molecule has 1 N–H and O–H groups in total. The lowest BCUT2D eigenvalue weighted by Crippen LogP contribution is -2.31. The second-order valence-electron chi connectivity index (χ2n) is 3.27. The standard InChI is InChI=1S/C9H14N2O3/c1-4-7-5-11(9(13)10-7)14-8(12)6(2)3/h7H,2,4-5H2,1,3H3,(H,10,13). The Labute approximate surface area is 82.7 Å². The first-order valence-corrected chi connectivity index (χ1v) is 4.50. The Kier molecular flexibility index (Phi) is 3.11. The van der Waals surface area contributed by atoms with Crippen LogP contribution in [0, 0.1) is 0 Å². The van der Waals surface area contributed by atoms with Crippen molar-refractivity contribution in [3.8, 4) is 0 Å². The highest BCUT2D eigenvalue weighted by Gasteiger charge is 2.30. The Morgan fingerprint density at radius 1 is 1.79 bits per heavy atom. The van der Waals surface area contributed by atoms with Gasteiger partial charge in [0.15, 0.2) is 0 Å². The molecule has 5 nitrogen and oxygen atoms in total. The molecule has 1 rings (SSSR count). The molecule has 1 saturated heterocycles. The van der Waals surface area contributed by atoms with Gasteiger partial charge in [0.25, 0.3) is 0 Å². The number of nitrogens with zero attached hydrogens (tertiary/aromatic N) is 1. The first-order valence-electron chi connectivity index (χ1n) is 4.50. The van der Waals surface area contributed by atoms with Crippen molar-refractivity contribution in [1.82, 2.24) is 10.4 Å². The van der Waals surface area contributed by atoms with Gasteiger partial charge in [0.1, 0.15) is 0 Å². The van der Waals surface area contributed by atoms with Gasteiger partial charge in [-0.25, -0.2) is 9.59 Å². The lowest BCUT2D eigenvalue weighted by Gasteiger charge is -2.12. The van der Waals surface area contributed by atoms with Gasteiger partial charge in [0.2, 0.25) is 0 Å². The fourth-order valence-corrected chi connectivity index (χ4v) is 1.06. The van der Waals surface area contributed by atoms with Crippen LogP contribution in [0.1, 0.15) is 20.3 Å². The van der Waals surface area contributed by atoms with Crippen molar-refractivity contribution >= 4 is 12.0 Å². The highest BCUT2D eigenvalue weighted by molar-refractivity contribution is 5.88. The average Bonchev–Trinajstić information content (AvgIpc) is 2.47. The largest absolute Gasteiger partial charge is 0.358 e. The van der Waals surface area contributed by atoms with E-state index in [4.69, 9.17) is 4.84 Å². The summed E-state index contributed by atoms with van der Waals surface area (Å²) in [6.45, 7) is 7.31. The van der Waals surface area contributed by atoms with Gasteiger partial charge in [0, 0.05) is 5.57 Å². The first-order chi connectivity index (χ1) is 6.54. The second kappa shape index (κ2) is 4.13. The summed E-state index contributed by atoms with van der Waals surface area (Å²) in [6.07, 6.45) is 0.812. The third kappa shape index (κ3) is 2.25. The van der Waals surface area contributed by atoms with Gasteiger partial charge in [-0.3, -0.25) is 0 Å². The fraction of sp³-hybridized carbons (Fsp3) is 0.556. The number of rotatable bonds is 3. The highest BCUT2D eigenvalue weighted by atomic mass is 16.7. The van der Waals surface area contributed by atoms with Crippen molar-refractivity contribution in [1.29, 1.82) is 0 Å². The van der Waals surface area contributed by atoms with Crippen LogP contribution in [0.4, 0.5) is 4.79 Å².